The molecule has 1 aromatic carbocycles. The van der Waals surface area contributed by atoms with Gasteiger partial charge in [0.2, 0.25) is 15.9 Å². The van der Waals surface area contributed by atoms with Crippen molar-refractivity contribution >= 4 is 21.6 Å². The van der Waals surface area contributed by atoms with E-state index in [0.717, 1.165) is 11.3 Å². The summed E-state index contributed by atoms with van der Waals surface area (Å²) in [5.41, 5.74) is 7.54. The maximum absolute atomic E-state index is 12.7. The summed E-state index contributed by atoms with van der Waals surface area (Å²) >= 11 is 0. The highest BCUT2D eigenvalue weighted by Crippen LogP contribution is 2.34. The predicted octanol–water partition coefficient (Wildman–Crippen LogP) is 0.706. The summed E-state index contributed by atoms with van der Waals surface area (Å²) in [6.07, 6.45) is 1.37. The fraction of sp³-hybridized carbons (Fsp3) is 0.533. The van der Waals surface area contributed by atoms with Crippen LogP contribution in [-0.2, 0) is 21.2 Å². The van der Waals surface area contributed by atoms with Gasteiger partial charge in [-0.05, 0) is 43.5 Å². The number of sulfonamides is 1. The summed E-state index contributed by atoms with van der Waals surface area (Å²) in [4.78, 5) is 13.7. The number of amides is 1. The molecular weight excluding hydrogens is 302 g/mol. The monoisotopic (exact) mass is 323 g/mol. The van der Waals surface area contributed by atoms with E-state index in [4.69, 9.17) is 5.73 Å². The van der Waals surface area contributed by atoms with E-state index in [2.05, 4.69) is 0 Å². The lowest BCUT2D eigenvalue weighted by molar-refractivity contribution is -0.116. The van der Waals surface area contributed by atoms with E-state index in [1.54, 1.807) is 23.1 Å². The molecule has 0 radical (unpaired) electrons. The van der Waals surface area contributed by atoms with Gasteiger partial charge in [0.05, 0.1) is 4.90 Å². The van der Waals surface area contributed by atoms with Crippen molar-refractivity contribution < 1.29 is 13.2 Å². The average Bonchev–Trinajstić information content (AvgIpc) is 3.00. The van der Waals surface area contributed by atoms with Crippen molar-refractivity contribution in [3.05, 3.63) is 23.8 Å². The minimum atomic E-state index is -3.50. The number of fused-ring (bicyclic) bond motifs is 1. The molecular formula is C15H21N3O3S. The molecule has 7 heteroatoms. The van der Waals surface area contributed by atoms with Gasteiger partial charge in [0.1, 0.15) is 0 Å². The predicted molar refractivity (Wildman–Crippen MR) is 84.1 cm³/mol. The molecule has 120 valence electrons. The van der Waals surface area contributed by atoms with Crippen molar-refractivity contribution in [3.8, 4) is 0 Å². The quantitative estimate of drug-likeness (QED) is 0.868. The maximum atomic E-state index is 12.7. The minimum Gasteiger partial charge on any atom is -0.326 e. The van der Waals surface area contributed by atoms with Crippen molar-refractivity contribution in [1.29, 1.82) is 0 Å². The summed E-state index contributed by atoms with van der Waals surface area (Å²) in [7, 11) is -3.50. The molecule has 6 nitrogen and oxygen atoms in total. The van der Waals surface area contributed by atoms with E-state index in [-0.39, 0.29) is 22.9 Å². The second kappa shape index (κ2) is 5.33. The topological polar surface area (TPSA) is 83.7 Å². The molecule has 1 aromatic rings. The van der Waals surface area contributed by atoms with E-state index >= 15 is 0 Å². The van der Waals surface area contributed by atoms with Crippen molar-refractivity contribution in [2.45, 2.75) is 43.7 Å². The first kappa shape index (κ1) is 15.5. The Kier molecular flexibility index (Phi) is 3.74. The van der Waals surface area contributed by atoms with Crippen molar-refractivity contribution in [3.63, 3.8) is 0 Å². The highest BCUT2D eigenvalue weighted by molar-refractivity contribution is 7.89. The Hall–Kier alpha value is -1.44. The van der Waals surface area contributed by atoms with E-state index in [9.17, 15) is 13.2 Å². The summed E-state index contributed by atoms with van der Waals surface area (Å²) in [6, 6.07) is 5.01. The van der Waals surface area contributed by atoms with Crippen LogP contribution in [-0.4, -0.2) is 43.8 Å². The zero-order valence-corrected chi connectivity index (χ0v) is 13.6. The highest BCUT2D eigenvalue weighted by Gasteiger charge is 2.34. The van der Waals surface area contributed by atoms with Gasteiger partial charge in [-0.25, -0.2) is 8.42 Å². The Morgan fingerprint density at radius 2 is 2.09 bits per heavy atom. The fourth-order valence-corrected chi connectivity index (χ4v) is 4.93. The van der Waals surface area contributed by atoms with Crippen molar-refractivity contribution in [2.75, 3.05) is 18.0 Å². The van der Waals surface area contributed by atoms with Gasteiger partial charge in [0, 0.05) is 37.8 Å². The van der Waals surface area contributed by atoms with Gasteiger partial charge in [-0.2, -0.15) is 4.31 Å². The molecule has 1 saturated heterocycles. The number of carbonyl (C=O) groups excluding carboxylic acids is 1. The van der Waals surface area contributed by atoms with E-state index < -0.39 is 10.0 Å². The van der Waals surface area contributed by atoms with Crippen LogP contribution in [0.25, 0.3) is 0 Å². The van der Waals surface area contributed by atoms with Crippen LogP contribution in [0.3, 0.4) is 0 Å². The molecule has 2 atom stereocenters. The molecule has 2 N–H and O–H groups in total. The van der Waals surface area contributed by atoms with Gasteiger partial charge < -0.3 is 10.6 Å². The van der Waals surface area contributed by atoms with Crippen molar-refractivity contribution in [1.82, 2.24) is 4.31 Å². The number of hydrogen-bond donors (Lipinski definition) is 1. The molecule has 1 unspecified atom stereocenters. The summed E-state index contributed by atoms with van der Waals surface area (Å²) in [5, 5.41) is 0. The Bertz CT molecular complexity index is 717. The van der Waals surface area contributed by atoms with Gasteiger partial charge >= 0.3 is 0 Å². The van der Waals surface area contributed by atoms with Gasteiger partial charge in [0.15, 0.2) is 0 Å². The molecule has 1 amide bonds. The van der Waals surface area contributed by atoms with E-state index in [1.807, 2.05) is 6.92 Å². The smallest absolute Gasteiger partial charge is 0.243 e. The number of benzene rings is 1. The molecule has 0 spiro atoms. The Balaban J connectivity index is 1.95. The largest absolute Gasteiger partial charge is 0.326 e. The maximum Gasteiger partial charge on any atom is 0.243 e. The fourth-order valence-electron chi connectivity index (χ4n) is 3.37. The SMILES string of the molecule is CC(=O)N1c2ccc(S(=O)(=O)N3CC[C@@H](N)C3)cc2CC1C. The van der Waals surface area contributed by atoms with E-state index in [0.29, 0.717) is 25.9 Å². The third-order valence-corrected chi connectivity index (χ3v) is 6.29. The van der Waals surface area contributed by atoms with Crippen LogP contribution < -0.4 is 10.6 Å². The number of nitrogens with two attached hydrogens (primary N) is 1. The summed E-state index contributed by atoms with van der Waals surface area (Å²) in [6.45, 7) is 4.34. The average molecular weight is 323 g/mol. The molecule has 2 aliphatic heterocycles. The zero-order valence-electron chi connectivity index (χ0n) is 12.8. The van der Waals surface area contributed by atoms with Crippen LogP contribution in [0.1, 0.15) is 25.8 Å². The standard InChI is InChI=1S/C15H21N3O3S/c1-10-7-12-8-14(3-4-15(12)18(10)11(2)19)22(20,21)17-6-5-13(16)9-17/h3-4,8,10,13H,5-7,9,16H2,1-2H3/t10?,13-/m1/s1. The first-order valence-corrected chi connectivity index (χ1v) is 8.93. The second-order valence-electron chi connectivity index (χ2n) is 6.14. The van der Waals surface area contributed by atoms with Crippen LogP contribution in [0.15, 0.2) is 23.1 Å². The Labute approximate surface area is 130 Å². The number of anilines is 1. The molecule has 0 saturated carbocycles. The number of carbonyl (C=O) groups is 1. The van der Waals surface area contributed by atoms with Crippen LogP contribution in [0, 0.1) is 0 Å². The molecule has 2 aliphatic rings. The molecule has 1 fully saturated rings. The first-order chi connectivity index (χ1) is 10.3. The van der Waals surface area contributed by atoms with Crippen LogP contribution in [0.4, 0.5) is 5.69 Å². The van der Waals surface area contributed by atoms with Crippen LogP contribution in [0.2, 0.25) is 0 Å². The lowest BCUT2D eigenvalue weighted by atomic mass is 10.1. The Morgan fingerprint density at radius 1 is 1.36 bits per heavy atom. The summed E-state index contributed by atoms with van der Waals surface area (Å²) < 4.78 is 26.8. The lowest BCUT2D eigenvalue weighted by Crippen LogP contribution is -2.33. The van der Waals surface area contributed by atoms with Gasteiger partial charge in [-0.3, -0.25) is 4.79 Å². The third kappa shape index (κ3) is 2.43. The first-order valence-electron chi connectivity index (χ1n) is 7.49. The highest BCUT2D eigenvalue weighted by atomic mass is 32.2. The molecule has 2 heterocycles. The molecule has 22 heavy (non-hydrogen) atoms. The number of nitrogens with zero attached hydrogens (tertiary/aromatic N) is 2. The Morgan fingerprint density at radius 3 is 2.68 bits per heavy atom. The number of hydrogen-bond acceptors (Lipinski definition) is 4. The van der Waals surface area contributed by atoms with Gasteiger partial charge in [0.25, 0.3) is 0 Å². The lowest BCUT2D eigenvalue weighted by Gasteiger charge is -2.21. The van der Waals surface area contributed by atoms with Crippen LogP contribution >= 0.6 is 0 Å². The third-order valence-electron chi connectivity index (χ3n) is 4.43. The van der Waals surface area contributed by atoms with Gasteiger partial charge in [-0.15, -0.1) is 0 Å². The summed E-state index contributed by atoms with van der Waals surface area (Å²) in [5.74, 6) is -0.0210. The molecule has 0 aromatic heterocycles. The molecule has 0 aliphatic carbocycles. The van der Waals surface area contributed by atoms with Crippen LogP contribution in [0.5, 0.6) is 0 Å². The second-order valence-corrected chi connectivity index (χ2v) is 8.08. The minimum absolute atomic E-state index is 0.0210. The number of rotatable bonds is 2. The van der Waals surface area contributed by atoms with Crippen molar-refractivity contribution in [2.24, 2.45) is 5.73 Å². The zero-order chi connectivity index (χ0) is 16.1. The molecule has 3 rings (SSSR count). The normalized spacial score (nSPS) is 25.5. The van der Waals surface area contributed by atoms with Gasteiger partial charge in [-0.1, -0.05) is 0 Å². The molecule has 0 bridgehead atoms. The van der Waals surface area contributed by atoms with E-state index in [1.165, 1.54) is 11.2 Å².